The largest absolute Gasteiger partial charge is 0.478 e. The number of benzene rings is 3. The molecule has 0 heterocycles. The predicted molar refractivity (Wildman–Crippen MR) is 136 cm³/mol. The van der Waals surface area contributed by atoms with Crippen molar-refractivity contribution in [3.8, 4) is 22.3 Å². The van der Waals surface area contributed by atoms with Gasteiger partial charge in [-0.25, -0.2) is 9.59 Å². The van der Waals surface area contributed by atoms with Crippen LogP contribution in [0.1, 0.15) is 44.7 Å². The molecule has 0 radical (unpaired) electrons. The molecule has 34 heavy (non-hydrogen) atoms. The van der Waals surface area contributed by atoms with Gasteiger partial charge in [0.2, 0.25) is 0 Å². The second-order valence-corrected chi connectivity index (χ2v) is 9.62. The molecule has 6 nitrogen and oxygen atoms in total. The van der Waals surface area contributed by atoms with Gasteiger partial charge in [-0.15, -0.1) is 0 Å². The maximum absolute atomic E-state index is 12.6. The number of carbonyl (C=O) groups is 2. The van der Waals surface area contributed by atoms with Gasteiger partial charge in [-0.3, -0.25) is 0 Å². The van der Waals surface area contributed by atoms with Crippen molar-refractivity contribution in [2.45, 2.75) is 25.7 Å². The van der Waals surface area contributed by atoms with Gasteiger partial charge in [0.25, 0.3) is 0 Å². The SMILES string of the molecule is CN(C)CCCc1c(CCCN(C)C)c2c3c(cccc3c1C(=O)O)-c1ccc(C(=O)O)cc1-2. The van der Waals surface area contributed by atoms with Crippen molar-refractivity contribution in [3.05, 3.63) is 58.7 Å². The van der Waals surface area contributed by atoms with E-state index in [0.29, 0.717) is 12.0 Å². The number of carboxylic acids is 2. The van der Waals surface area contributed by atoms with Crippen LogP contribution in [-0.2, 0) is 12.8 Å². The fourth-order valence-electron chi connectivity index (χ4n) is 5.23. The fraction of sp³-hybridized carbons (Fsp3) is 0.357. The molecule has 0 saturated carbocycles. The van der Waals surface area contributed by atoms with Crippen LogP contribution in [0.25, 0.3) is 33.0 Å². The number of hydrogen-bond acceptors (Lipinski definition) is 4. The molecule has 3 aromatic rings. The zero-order valence-electron chi connectivity index (χ0n) is 20.3. The monoisotopic (exact) mass is 460 g/mol. The molecule has 2 N–H and O–H groups in total. The normalized spacial score (nSPS) is 12.1. The lowest BCUT2D eigenvalue weighted by Gasteiger charge is -2.21. The summed E-state index contributed by atoms with van der Waals surface area (Å²) in [4.78, 5) is 28.6. The van der Waals surface area contributed by atoms with Gasteiger partial charge in [-0.05, 0) is 123 Å². The average Bonchev–Trinajstić information content (AvgIpc) is 3.10. The third-order valence-electron chi connectivity index (χ3n) is 6.66. The van der Waals surface area contributed by atoms with E-state index in [2.05, 4.69) is 9.80 Å². The highest BCUT2D eigenvalue weighted by Crippen LogP contribution is 2.51. The minimum absolute atomic E-state index is 0.246. The van der Waals surface area contributed by atoms with Crippen molar-refractivity contribution in [1.29, 1.82) is 0 Å². The van der Waals surface area contributed by atoms with E-state index in [1.807, 2.05) is 52.5 Å². The first-order valence-electron chi connectivity index (χ1n) is 11.7. The summed E-state index contributed by atoms with van der Waals surface area (Å²) in [6.07, 6.45) is 3.15. The Kier molecular flexibility index (Phi) is 6.73. The van der Waals surface area contributed by atoms with Crippen LogP contribution in [-0.4, -0.2) is 73.2 Å². The predicted octanol–water partition coefficient (Wildman–Crippen LogP) is 4.87. The first-order chi connectivity index (χ1) is 16.2. The van der Waals surface area contributed by atoms with Crippen LogP contribution in [0, 0.1) is 0 Å². The van der Waals surface area contributed by atoms with E-state index in [4.69, 9.17) is 0 Å². The quantitative estimate of drug-likeness (QED) is 0.351. The van der Waals surface area contributed by atoms with E-state index in [0.717, 1.165) is 76.5 Å². The minimum atomic E-state index is -0.961. The summed E-state index contributed by atoms with van der Waals surface area (Å²) >= 11 is 0. The zero-order chi connectivity index (χ0) is 24.6. The van der Waals surface area contributed by atoms with Gasteiger partial charge < -0.3 is 20.0 Å². The van der Waals surface area contributed by atoms with Crippen LogP contribution in [0.4, 0.5) is 0 Å². The third kappa shape index (κ3) is 4.31. The molecule has 6 heteroatoms. The van der Waals surface area contributed by atoms with Gasteiger partial charge in [0.05, 0.1) is 11.1 Å². The van der Waals surface area contributed by atoms with Crippen molar-refractivity contribution in [2.24, 2.45) is 0 Å². The molecule has 0 fully saturated rings. The molecule has 0 atom stereocenters. The van der Waals surface area contributed by atoms with Crippen LogP contribution in [0.15, 0.2) is 36.4 Å². The van der Waals surface area contributed by atoms with Crippen LogP contribution >= 0.6 is 0 Å². The number of aromatic carboxylic acids is 2. The number of hydrogen-bond donors (Lipinski definition) is 2. The van der Waals surface area contributed by atoms with Crippen molar-refractivity contribution in [3.63, 3.8) is 0 Å². The van der Waals surface area contributed by atoms with Crippen LogP contribution < -0.4 is 0 Å². The zero-order valence-corrected chi connectivity index (χ0v) is 20.3. The molecule has 1 aliphatic rings. The Morgan fingerprint density at radius 2 is 1.41 bits per heavy atom. The summed E-state index contributed by atoms with van der Waals surface area (Å²) in [5.41, 5.74) is 6.46. The Bertz CT molecular complexity index is 1280. The Labute approximate surface area is 200 Å². The van der Waals surface area contributed by atoms with E-state index in [-0.39, 0.29) is 5.56 Å². The van der Waals surface area contributed by atoms with Gasteiger partial charge in [-0.2, -0.15) is 0 Å². The van der Waals surface area contributed by atoms with E-state index in [1.165, 1.54) is 0 Å². The highest BCUT2D eigenvalue weighted by atomic mass is 16.4. The van der Waals surface area contributed by atoms with Gasteiger partial charge >= 0.3 is 11.9 Å². The van der Waals surface area contributed by atoms with Crippen molar-refractivity contribution < 1.29 is 19.8 Å². The van der Waals surface area contributed by atoms with Gasteiger partial charge in [-0.1, -0.05) is 24.3 Å². The lowest BCUT2D eigenvalue weighted by atomic mass is 9.84. The first-order valence-corrected chi connectivity index (χ1v) is 11.7. The summed E-state index contributed by atoms with van der Waals surface area (Å²) in [5.74, 6) is -1.86. The minimum Gasteiger partial charge on any atom is -0.478 e. The Hall–Kier alpha value is -3.22. The molecule has 3 aromatic carbocycles. The summed E-state index contributed by atoms with van der Waals surface area (Å²) in [7, 11) is 8.11. The second-order valence-electron chi connectivity index (χ2n) is 9.62. The summed E-state index contributed by atoms with van der Waals surface area (Å²) in [5, 5.41) is 21.7. The molecular weight excluding hydrogens is 428 g/mol. The smallest absolute Gasteiger partial charge is 0.336 e. The van der Waals surface area contributed by atoms with E-state index >= 15 is 0 Å². The van der Waals surface area contributed by atoms with Crippen molar-refractivity contribution in [2.75, 3.05) is 41.3 Å². The molecule has 0 bridgehead atoms. The van der Waals surface area contributed by atoms with Crippen molar-refractivity contribution in [1.82, 2.24) is 9.80 Å². The summed E-state index contributed by atoms with van der Waals surface area (Å²) < 4.78 is 0. The van der Waals surface area contributed by atoms with Gasteiger partial charge in [0, 0.05) is 0 Å². The highest BCUT2D eigenvalue weighted by Gasteiger charge is 2.30. The first kappa shape index (κ1) is 23.9. The maximum Gasteiger partial charge on any atom is 0.336 e. The third-order valence-corrected chi connectivity index (χ3v) is 6.66. The van der Waals surface area contributed by atoms with Gasteiger partial charge in [0.1, 0.15) is 0 Å². The molecular formula is C28H32N2O4. The molecule has 1 aliphatic carbocycles. The number of carboxylic acid groups (broad SMARTS) is 2. The van der Waals surface area contributed by atoms with Crippen LogP contribution in [0.5, 0.6) is 0 Å². The average molecular weight is 461 g/mol. The molecule has 0 aromatic heterocycles. The fourth-order valence-corrected chi connectivity index (χ4v) is 5.23. The molecule has 0 amide bonds. The Balaban J connectivity index is 2.02. The molecule has 0 aliphatic heterocycles. The number of nitrogens with zero attached hydrogens (tertiary/aromatic N) is 2. The second kappa shape index (κ2) is 9.57. The van der Waals surface area contributed by atoms with Crippen LogP contribution in [0.2, 0.25) is 0 Å². The molecule has 0 spiro atoms. The van der Waals surface area contributed by atoms with Crippen LogP contribution in [0.3, 0.4) is 0 Å². The Morgan fingerprint density at radius 1 is 0.765 bits per heavy atom. The molecule has 0 saturated heterocycles. The standard InChI is InChI=1S/C28H32N2O4/c1-29(2)14-6-10-20-21(11-7-15-30(3)4)26(28(33)34)22-9-5-8-19-18-13-12-17(27(31)32)16-23(18)25(20)24(19)22/h5,8-9,12-13,16H,6-7,10-11,14-15H2,1-4H3,(H,31,32)(H,33,34). The van der Waals surface area contributed by atoms with E-state index < -0.39 is 11.9 Å². The number of rotatable bonds is 10. The van der Waals surface area contributed by atoms with E-state index in [1.54, 1.807) is 12.1 Å². The maximum atomic E-state index is 12.6. The van der Waals surface area contributed by atoms with Gasteiger partial charge in [0.15, 0.2) is 0 Å². The lowest BCUT2D eigenvalue weighted by Crippen LogP contribution is -2.17. The summed E-state index contributed by atoms with van der Waals surface area (Å²) in [6, 6.07) is 11.1. The van der Waals surface area contributed by atoms with E-state index in [9.17, 15) is 19.8 Å². The molecule has 4 rings (SSSR count). The molecule has 178 valence electrons. The molecule has 0 unspecified atom stereocenters. The lowest BCUT2D eigenvalue weighted by molar-refractivity contribution is 0.0686. The highest BCUT2D eigenvalue weighted by molar-refractivity contribution is 6.21. The number of fused-ring (bicyclic) bond motifs is 3. The van der Waals surface area contributed by atoms with Crippen molar-refractivity contribution >= 4 is 22.7 Å². The Morgan fingerprint density at radius 3 is 2.00 bits per heavy atom. The topological polar surface area (TPSA) is 81.1 Å². The summed E-state index contributed by atoms with van der Waals surface area (Å²) in [6.45, 7) is 1.75.